The lowest BCUT2D eigenvalue weighted by Crippen LogP contribution is -2.49. The number of aromatic nitrogens is 2. The van der Waals surface area contributed by atoms with E-state index >= 15 is 0 Å². The average molecular weight is 313 g/mol. The standard InChI is InChI=1S/C14H21ClN4O2/c1-8-4-5-11(14(16)21)6-18(8)12(20)7-19-10(3)13(15)9(2)17-19/h8,11H,4-7H2,1-3H3,(H2,16,21)/t8-,11-/m0/s1. The largest absolute Gasteiger partial charge is 0.369 e. The van der Waals surface area contributed by atoms with Crippen molar-refractivity contribution >= 4 is 23.4 Å². The summed E-state index contributed by atoms with van der Waals surface area (Å²) in [7, 11) is 0. The van der Waals surface area contributed by atoms with Gasteiger partial charge in [-0.1, -0.05) is 11.6 Å². The molecule has 0 radical (unpaired) electrons. The van der Waals surface area contributed by atoms with Crippen LogP contribution in [-0.2, 0) is 16.1 Å². The molecule has 2 heterocycles. The van der Waals surface area contributed by atoms with Gasteiger partial charge in [0.05, 0.1) is 22.3 Å². The van der Waals surface area contributed by atoms with Gasteiger partial charge in [-0.3, -0.25) is 14.3 Å². The van der Waals surface area contributed by atoms with Gasteiger partial charge in [0.25, 0.3) is 0 Å². The van der Waals surface area contributed by atoms with Gasteiger partial charge in [-0.05, 0) is 33.6 Å². The van der Waals surface area contributed by atoms with Crippen molar-refractivity contribution in [3.63, 3.8) is 0 Å². The summed E-state index contributed by atoms with van der Waals surface area (Å²) in [5, 5.41) is 4.86. The molecule has 116 valence electrons. The molecule has 0 aliphatic carbocycles. The molecule has 1 saturated heterocycles. The van der Waals surface area contributed by atoms with E-state index in [0.717, 1.165) is 18.5 Å². The Labute approximate surface area is 129 Å². The van der Waals surface area contributed by atoms with Crippen molar-refractivity contribution < 1.29 is 9.59 Å². The molecule has 6 nitrogen and oxygen atoms in total. The molecule has 1 aromatic rings. The number of amides is 2. The molecular weight excluding hydrogens is 292 g/mol. The molecular formula is C14H21ClN4O2. The molecule has 0 saturated carbocycles. The predicted octanol–water partition coefficient (Wildman–Crippen LogP) is 1.27. The molecule has 2 atom stereocenters. The highest BCUT2D eigenvalue weighted by Gasteiger charge is 2.31. The lowest BCUT2D eigenvalue weighted by Gasteiger charge is -2.37. The molecule has 1 aliphatic rings. The van der Waals surface area contributed by atoms with Gasteiger partial charge < -0.3 is 10.6 Å². The van der Waals surface area contributed by atoms with E-state index in [-0.39, 0.29) is 30.3 Å². The fraction of sp³-hybridized carbons (Fsp3) is 0.643. The van der Waals surface area contributed by atoms with Gasteiger partial charge in [0.2, 0.25) is 11.8 Å². The number of nitrogens with two attached hydrogens (primary N) is 1. The maximum absolute atomic E-state index is 12.5. The Bertz CT molecular complexity index is 570. The van der Waals surface area contributed by atoms with Crippen LogP contribution in [0.25, 0.3) is 0 Å². The number of nitrogens with zero attached hydrogens (tertiary/aromatic N) is 3. The average Bonchev–Trinajstić information content (AvgIpc) is 2.66. The number of primary amides is 1. The number of rotatable bonds is 3. The van der Waals surface area contributed by atoms with Crippen LogP contribution in [0.3, 0.4) is 0 Å². The topological polar surface area (TPSA) is 81.2 Å². The molecule has 2 N–H and O–H groups in total. The summed E-state index contributed by atoms with van der Waals surface area (Å²) in [5.41, 5.74) is 6.85. The fourth-order valence-electron chi connectivity index (χ4n) is 2.73. The minimum atomic E-state index is -0.339. The van der Waals surface area contributed by atoms with Crippen molar-refractivity contribution in [3.8, 4) is 0 Å². The zero-order valence-electron chi connectivity index (χ0n) is 12.6. The highest BCUT2D eigenvalue weighted by atomic mass is 35.5. The van der Waals surface area contributed by atoms with Gasteiger partial charge in [-0.2, -0.15) is 5.10 Å². The summed E-state index contributed by atoms with van der Waals surface area (Å²) in [6.45, 7) is 6.16. The summed E-state index contributed by atoms with van der Waals surface area (Å²) in [6.07, 6.45) is 1.53. The van der Waals surface area contributed by atoms with Crippen LogP contribution >= 0.6 is 11.6 Å². The summed E-state index contributed by atoms with van der Waals surface area (Å²) in [5.74, 6) is -0.654. The van der Waals surface area contributed by atoms with Crippen molar-refractivity contribution in [2.45, 2.75) is 46.2 Å². The first kappa shape index (κ1) is 15.8. The van der Waals surface area contributed by atoms with Gasteiger partial charge in [-0.25, -0.2) is 0 Å². The number of hydrogen-bond acceptors (Lipinski definition) is 3. The Morgan fingerprint density at radius 2 is 2.05 bits per heavy atom. The first-order chi connectivity index (χ1) is 9.81. The van der Waals surface area contributed by atoms with Crippen LogP contribution in [0.15, 0.2) is 0 Å². The van der Waals surface area contributed by atoms with Crippen LogP contribution in [0.1, 0.15) is 31.2 Å². The second-order valence-electron chi connectivity index (χ2n) is 5.71. The molecule has 0 spiro atoms. The number of carbonyl (C=O) groups excluding carboxylic acids is 2. The lowest BCUT2D eigenvalue weighted by atomic mass is 9.93. The zero-order chi connectivity index (χ0) is 15.7. The normalized spacial score (nSPS) is 22.4. The monoisotopic (exact) mass is 312 g/mol. The Morgan fingerprint density at radius 1 is 1.38 bits per heavy atom. The SMILES string of the molecule is Cc1nn(CC(=O)N2C[C@@H](C(N)=O)CC[C@@H]2C)c(C)c1Cl. The van der Waals surface area contributed by atoms with E-state index in [2.05, 4.69) is 5.10 Å². The number of halogens is 1. The number of likely N-dealkylation sites (tertiary alicyclic amines) is 1. The first-order valence-electron chi connectivity index (χ1n) is 7.09. The van der Waals surface area contributed by atoms with E-state index in [1.807, 2.05) is 20.8 Å². The minimum absolute atomic E-state index is 0.0595. The van der Waals surface area contributed by atoms with Gasteiger partial charge >= 0.3 is 0 Å². The van der Waals surface area contributed by atoms with Crippen molar-refractivity contribution in [2.24, 2.45) is 11.7 Å². The second kappa shape index (κ2) is 6.05. The Hall–Kier alpha value is -1.56. The molecule has 1 aliphatic heterocycles. The van der Waals surface area contributed by atoms with Gasteiger partial charge in [-0.15, -0.1) is 0 Å². The molecule has 1 aromatic heterocycles. The van der Waals surface area contributed by atoms with E-state index in [1.165, 1.54) is 0 Å². The lowest BCUT2D eigenvalue weighted by molar-refractivity contribution is -0.138. The number of hydrogen-bond donors (Lipinski definition) is 1. The quantitative estimate of drug-likeness (QED) is 0.912. The fourth-order valence-corrected chi connectivity index (χ4v) is 2.87. The van der Waals surface area contributed by atoms with Crippen LogP contribution in [0.5, 0.6) is 0 Å². The van der Waals surface area contributed by atoms with Crippen molar-refractivity contribution in [1.82, 2.24) is 14.7 Å². The van der Waals surface area contributed by atoms with Gasteiger partial charge in [0.1, 0.15) is 6.54 Å². The van der Waals surface area contributed by atoms with E-state index in [0.29, 0.717) is 17.3 Å². The van der Waals surface area contributed by atoms with Gasteiger partial charge in [0, 0.05) is 12.6 Å². The third-order valence-corrected chi connectivity index (χ3v) is 4.73. The summed E-state index contributed by atoms with van der Waals surface area (Å²) in [4.78, 5) is 25.6. The second-order valence-corrected chi connectivity index (χ2v) is 6.09. The van der Waals surface area contributed by atoms with Crippen LogP contribution in [0, 0.1) is 19.8 Å². The summed E-state index contributed by atoms with van der Waals surface area (Å²) < 4.78 is 1.61. The van der Waals surface area contributed by atoms with Crippen molar-refractivity contribution in [2.75, 3.05) is 6.54 Å². The Kier molecular flexibility index (Phi) is 4.56. The van der Waals surface area contributed by atoms with Gasteiger partial charge in [0.15, 0.2) is 0 Å². The molecule has 0 aromatic carbocycles. The number of carbonyl (C=O) groups is 2. The molecule has 7 heteroatoms. The molecule has 1 fully saturated rings. The van der Waals surface area contributed by atoms with Crippen molar-refractivity contribution in [3.05, 3.63) is 16.4 Å². The highest BCUT2D eigenvalue weighted by molar-refractivity contribution is 6.31. The molecule has 21 heavy (non-hydrogen) atoms. The minimum Gasteiger partial charge on any atom is -0.369 e. The van der Waals surface area contributed by atoms with Crippen LogP contribution in [0.2, 0.25) is 5.02 Å². The van der Waals surface area contributed by atoms with E-state index in [4.69, 9.17) is 17.3 Å². The first-order valence-corrected chi connectivity index (χ1v) is 7.47. The maximum Gasteiger partial charge on any atom is 0.244 e. The third-order valence-electron chi connectivity index (χ3n) is 4.18. The van der Waals surface area contributed by atoms with E-state index < -0.39 is 0 Å². The number of piperidine rings is 1. The maximum atomic E-state index is 12.5. The zero-order valence-corrected chi connectivity index (χ0v) is 13.4. The summed E-state index contributed by atoms with van der Waals surface area (Å²) >= 11 is 6.09. The third kappa shape index (κ3) is 3.20. The molecule has 2 amide bonds. The van der Waals surface area contributed by atoms with Crippen LogP contribution in [0.4, 0.5) is 0 Å². The van der Waals surface area contributed by atoms with Crippen molar-refractivity contribution in [1.29, 1.82) is 0 Å². The Morgan fingerprint density at radius 3 is 2.57 bits per heavy atom. The molecule has 0 unspecified atom stereocenters. The summed E-state index contributed by atoms with van der Waals surface area (Å²) in [6, 6.07) is 0.112. The predicted molar refractivity (Wildman–Crippen MR) is 79.8 cm³/mol. The smallest absolute Gasteiger partial charge is 0.244 e. The molecule has 2 rings (SSSR count). The van der Waals surface area contributed by atoms with E-state index in [9.17, 15) is 9.59 Å². The number of aryl methyl sites for hydroxylation is 1. The Balaban J connectivity index is 2.11. The van der Waals surface area contributed by atoms with Crippen LogP contribution < -0.4 is 5.73 Å². The van der Waals surface area contributed by atoms with E-state index in [1.54, 1.807) is 9.58 Å². The van der Waals surface area contributed by atoms with Crippen LogP contribution in [-0.4, -0.2) is 39.1 Å². The molecule has 0 bridgehead atoms. The highest BCUT2D eigenvalue weighted by Crippen LogP contribution is 2.23.